The summed E-state index contributed by atoms with van der Waals surface area (Å²) in [4.78, 5) is 15.3. The minimum Gasteiger partial charge on any atom is -0.439 e. The Hall–Kier alpha value is -2.60. The number of aromatic nitrogens is 1. The molecular formula is C14H15N3O3. The van der Waals surface area contributed by atoms with E-state index in [4.69, 9.17) is 4.74 Å². The lowest BCUT2D eigenvalue weighted by Gasteiger charge is -2.14. The first kappa shape index (κ1) is 13.8. The highest BCUT2D eigenvalue weighted by molar-refractivity contribution is 5.72. The lowest BCUT2D eigenvalue weighted by atomic mass is 10.2. The number of nitrogens with zero attached hydrogens (tertiary/aromatic N) is 2. The maximum atomic E-state index is 11.2. The van der Waals surface area contributed by atoms with Crippen molar-refractivity contribution in [2.45, 2.75) is 6.54 Å². The van der Waals surface area contributed by atoms with Crippen LogP contribution in [-0.4, -0.2) is 28.3 Å². The minimum absolute atomic E-state index is 0.0685. The molecule has 2 aromatic rings. The number of carbonyl (C=O) groups is 1. The third kappa shape index (κ3) is 3.69. The van der Waals surface area contributed by atoms with Crippen LogP contribution in [0.5, 0.6) is 11.6 Å². The van der Waals surface area contributed by atoms with Crippen LogP contribution in [-0.2, 0) is 6.54 Å². The summed E-state index contributed by atoms with van der Waals surface area (Å²) in [6, 6.07) is 11.9. The van der Waals surface area contributed by atoms with Gasteiger partial charge in [-0.15, -0.1) is 0 Å². The number of carbonyl (C=O) groups excluding carboxylic acids is 1. The Morgan fingerprint density at radius 2 is 2.20 bits per heavy atom. The van der Waals surface area contributed by atoms with Gasteiger partial charge in [-0.25, -0.2) is 14.8 Å². The van der Waals surface area contributed by atoms with Crippen LogP contribution in [0.3, 0.4) is 0 Å². The van der Waals surface area contributed by atoms with E-state index in [1.54, 1.807) is 42.6 Å². The zero-order chi connectivity index (χ0) is 14.4. The topological polar surface area (TPSA) is 74.7 Å². The Morgan fingerprint density at radius 1 is 1.35 bits per heavy atom. The van der Waals surface area contributed by atoms with E-state index in [-0.39, 0.29) is 6.54 Å². The summed E-state index contributed by atoms with van der Waals surface area (Å²) < 4.78 is 5.58. The molecule has 2 N–H and O–H groups in total. The summed E-state index contributed by atoms with van der Waals surface area (Å²) in [6.45, 7) is 0.0685. The van der Waals surface area contributed by atoms with Crippen LogP contribution < -0.4 is 10.1 Å². The van der Waals surface area contributed by atoms with Gasteiger partial charge in [0.05, 0.1) is 6.54 Å². The van der Waals surface area contributed by atoms with Crippen LogP contribution in [0.4, 0.5) is 4.79 Å². The van der Waals surface area contributed by atoms with Crippen molar-refractivity contribution in [3.05, 3.63) is 54.2 Å². The molecule has 0 unspecified atom stereocenters. The number of rotatable bonds is 4. The molecule has 0 atom stereocenters. The smallest absolute Gasteiger partial charge is 0.341 e. The highest BCUT2D eigenvalue weighted by Gasteiger charge is 2.09. The van der Waals surface area contributed by atoms with Gasteiger partial charge in [0.2, 0.25) is 5.88 Å². The number of urea groups is 1. The molecule has 1 aromatic carbocycles. The third-order valence-corrected chi connectivity index (χ3v) is 2.54. The Bertz CT molecular complexity index is 575. The molecule has 2 amide bonds. The largest absolute Gasteiger partial charge is 0.439 e. The molecule has 0 saturated heterocycles. The van der Waals surface area contributed by atoms with E-state index in [9.17, 15) is 10.0 Å². The first-order valence-electron chi connectivity index (χ1n) is 6.05. The van der Waals surface area contributed by atoms with Gasteiger partial charge in [0.1, 0.15) is 5.75 Å². The number of hydroxylamine groups is 2. The van der Waals surface area contributed by atoms with E-state index in [0.29, 0.717) is 16.7 Å². The molecule has 6 nitrogen and oxygen atoms in total. The number of amides is 2. The fraction of sp³-hybridized carbons (Fsp3) is 0.143. The molecule has 0 aliphatic rings. The van der Waals surface area contributed by atoms with Crippen LogP contribution in [0, 0.1) is 0 Å². The molecule has 0 fully saturated rings. The van der Waals surface area contributed by atoms with Gasteiger partial charge in [0, 0.05) is 19.3 Å². The highest BCUT2D eigenvalue weighted by Crippen LogP contribution is 2.20. The first-order valence-corrected chi connectivity index (χ1v) is 6.05. The highest BCUT2D eigenvalue weighted by atomic mass is 16.5. The summed E-state index contributed by atoms with van der Waals surface area (Å²) in [7, 11) is 1.45. The standard InChI is InChI=1S/C14H15N3O3/c1-15-14(18)17(19)10-11-5-4-6-12(9-11)20-13-7-2-3-8-16-13/h2-9,19H,10H2,1H3,(H,15,18). The van der Waals surface area contributed by atoms with Crippen molar-refractivity contribution in [3.63, 3.8) is 0 Å². The van der Waals surface area contributed by atoms with Gasteiger partial charge in [-0.05, 0) is 23.8 Å². The molecule has 1 heterocycles. The third-order valence-electron chi connectivity index (χ3n) is 2.54. The van der Waals surface area contributed by atoms with Crippen molar-refractivity contribution < 1.29 is 14.7 Å². The Morgan fingerprint density at radius 3 is 2.90 bits per heavy atom. The zero-order valence-corrected chi connectivity index (χ0v) is 11.0. The normalized spacial score (nSPS) is 9.90. The SMILES string of the molecule is CNC(=O)N(O)Cc1cccc(Oc2ccccn2)c1. The van der Waals surface area contributed by atoms with E-state index in [1.165, 1.54) is 7.05 Å². The minimum atomic E-state index is -0.568. The van der Waals surface area contributed by atoms with Gasteiger partial charge in [-0.3, -0.25) is 5.21 Å². The fourth-order valence-electron chi connectivity index (χ4n) is 1.61. The summed E-state index contributed by atoms with van der Waals surface area (Å²) in [5.41, 5.74) is 0.740. The van der Waals surface area contributed by atoms with E-state index in [1.807, 2.05) is 6.07 Å². The predicted octanol–water partition coefficient (Wildman–Crippen LogP) is 2.40. The van der Waals surface area contributed by atoms with Crippen LogP contribution in [0.1, 0.15) is 5.56 Å². The zero-order valence-electron chi connectivity index (χ0n) is 11.0. The maximum absolute atomic E-state index is 11.2. The van der Waals surface area contributed by atoms with E-state index in [0.717, 1.165) is 5.56 Å². The molecule has 0 spiro atoms. The van der Waals surface area contributed by atoms with Crippen LogP contribution >= 0.6 is 0 Å². The molecule has 20 heavy (non-hydrogen) atoms. The van der Waals surface area contributed by atoms with Crippen molar-refractivity contribution in [2.24, 2.45) is 0 Å². The molecule has 6 heteroatoms. The van der Waals surface area contributed by atoms with Gasteiger partial charge >= 0.3 is 6.03 Å². The fourth-order valence-corrected chi connectivity index (χ4v) is 1.61. The average Bonchev–Trinajstić information content (AvgIpc) is 2.47. The number of hydrogen-bond acceptors (Lipinski definition) is 4. The van der Waals surface area contributed by atoms with Gasteiger partial charge < -0.3 is 10.1 Å². The maximum Gasteiger partial charge on any atom is 0.341 e. The Labute approximate surface area is 116 Å². The Balaban J connectivity index is 2.06. The van der Waals surface area contributed by atoms with Crippen molar-refractivity contribution in [3.8, 4) is 11.6 Å². The first-order chi connectivity index (χ1) is 9.69. The summed E-state index contributed by atoms with van der Waals surface area (Å²) in [5, 5.41) is 12.5. The number of nitrogens with one attached hydrogen (secondary N) is 1. The number of ether oxygens (including phenoxy) is 1. The molecule has 0 bridgehead atoms. The average molecular weight is 273 g/mol. The van der Waals surface area contributed by atoms with Crippen LogP contribution in [0.15, 0.2) is 48.7 Å². The number of hydrogen-bond donors (Lipinski definition) is 2. The van der Waals surface area contributed by atoms with Gasteiger partial charge in [0.15, 0.2) is 0 Å². The summed E-state index contributed by atoms with van der Waals surface area (Å²) >= 11 is 0. The lowest BCUT2D eigenvalue weighted by molar-refractivity contribution is -0.0501. The van der Waals surface area contributed by atoms with E-state index < -0.39 is 6.03 Å². The molecule has 0 radical (unpaired) electrons. The summed E-state index contributed by atoms with van der Waals surface area (Å²) in [5.74, 6) is 1.07. The number of pyridine rings is 1. The summed E-state index contributed by atoms with van der Waals surface area (Å²) in [6.07, 6.45) is 1.64. The van der Waals surface area contributed by atoms with Crippen molar-refractivity contribution >= 4 is 6.03 Å². The molecule has 104 valence electrons. The molecule has 0 aliphatic carbocycles. The van der Waals surface area contributed by atoms with Gasteiger partial charge in [-0.1, -0.05) is 18.2 Å². The second-order valence-electron chi connectivity index (χ2n) is 4.03. The Kier molecular flexibility index (Phi) is 4.52. The lowest BCUT2D eigenvalue weighted by Crippen LogP contribution is -2.34. The monoisotopic (exact) mass is 273 g/mol. The van der Waals surface area contributed by atoms with Crippen molar-refractivity contribution in [2.75, 3.05) is 7.05 Å². The molecule has 0 saturated carbocycles. The van der Waals surface area contributed by atoms with Crippen LogP contribution in [0.2, 0.25) is 0 Å². The van der Waals surface area contributed by atoms with E-state index >= 15 is 0 Å². The van der Waals surface area contributed by atoms with Crippen molar-refractivity contribution in [1.82, 2.24) is 15.4 Å². The predicted molar refractivity (Wildman–Crippen MR) is 72.5 cm³/mol. The second kappa shape index (κ2) is 6.53. The molecule has 2 rings (SSSR count). The quantitative estimate of drug-likeness (QED) is 0.662. The second-order valence-corrected chi connectivity index (χ2v) is 4.03. The van der Waals surface area contributed by atoms with Crippen LogP contribution in [0.25, 0.3) is 0 Å². The molecule has 0 aliphatic heterocycles. The van der Waals surface area contributed by atoms with Gasteiger partial charge in [0.25, 0.3) is 0 Å². The van der Waals surface area contributed by atoms with E-state index in [2.05, 4.69) is 10.3 Å². The molecular weight excluding hydrogens is 258 g/mol. The molecule has 1 aromatic heterocycles. The van der Waals surface area contributed by atoms with Gasteiger partial charge in [-0.2, -0.15) is 0 Å². The van der Waals surface area contributed by atoms with Crippen molar-refractivity contribution in [1.29, 1.82) is 0 Å². The number of benzene rings is 1.